The third-order valence-electron chi connectivity index (χ3n) is 2.76. The van der Waals surface area contributed by atoms with E-state index in [1.807, 2.05) is 0 Å². The van der Waals surface area contributed by atoms with Gasteiger partial charge in [-0.3, -0.25) is 4.79 Å². The summed E-state index contributed by atoms with van der Waals surface area (Å²) in [4.78, 5) is 23.9. The lowest BCUT2D eigenvalue weighted by atomic mass is 10.2. The first kappa shape index (κ1) is 17.2. The lowest BCUT2D eigenvalue weighted by Crippen LogP contribution is -2.30. The van der Waals surface area contributed by atoms with E-state index >= 15 is 0 Å². The SMILES string of the molecule is Cc1cc(NC(=O)[C@@H](C)OC(=O)c2cc(F)c(Cl)cc2Cl)no1. The number of esters is 1. The largest absolute Gasteiger partial charge is 0.449 e. The van der Waals surface area contributed by atoms with Crippen LogP contribution in [0.1, 0.15) is 23.0 Å². The second-order valence-corrected chi connectivity index (χ2v) is 5.42. The predicted octanol–water partition coefficient (Wildman–Crippen LogP) is 3.61. The molecule has 0 radical (unpaired) electrons. The van der Waals surface area contributed by atoms with Crippen molar-refractivity contribution in [1.29, 1.82) is 0 Å². The number of aryl methyl sites for hydroxylation is 1. The van der Waals surface area contributed by atoms with Gasteiger partial charge in [-0.1, -0.05) is 28.4 Å². The lowest BCUT2D eigenvalue weighted by Gasteiger charge is -2.13. The minimum Gasteiger partial charge on any atom is -0.449 e. The number of benzene rings is 1. The monoisotopic (exact) mass is 360 g/mol. The molecule has 0 saturated heterocycles. The minimum absolute atomic E-state index is 0.0823. The molecule has 122 valence electrons. The molecule has 1 heterocycles. The molecule has 9 heteroatoms. The summed E-state index contributed by atoms with van der Waals surface area (Å²) in [6, 6.07) is 3.43. The van der Waals surface area contributed by atoms with E-state index in [2.05, 4.69) is 10.5 Å². The second-order valence-electron chi connectivity index (χ2n) is 4.61. The number of aromatic nitrogens is 1. The number of hydrogen-bond donors (Lipinski definition) is 1. The van der Waals surface area contributed by atoms with Crippen molar-refractivity contribution in [3.63, 3.8) is 0 Å². The maximum atomic E-state index is 13.4. The summed E-state index contributed by atoms with van der Waals surface area (Å²) >= 11 is 11.4. The Hall–Kier alpha value is -2.12. The number of carbonyl (C=O) groups is 2. The number of hydrogen-bond acceptors (Lipinski definition) is 5. The molecule has 2 rings (SSSR count). The van der Waals surface area contributed by atoms with Crippen LogP contribution < -0.4 is 5.32 Å². The van der Waals surface area contributed by atoms with Gasteiger partial charge in [-0.2, -0.15) is 0 Å². The molecule has 0 spiro atoms. The normalized spacial score (nSPS) is 11.9. The van der Waals surface area contributed by atoms with Gasteiger partial charge in [0.2, 0.25) is 0 Å². The van der Waals surface area contributed by atoms with Crippen LogP contribution in [0.4, 0.5) is 10.2 Å². The maximum absolute atomic E-state index is 13.4. The van der Waals surface area contributed by atoms with Crippen LogP contribution in [0.15, 0.2) is 22.7 Å². The lowest BCUT2D eigenvalue weighted by molar-refractivity contribution is -0.123. The summed E-state index contributed by atoms with van der Waals surface area (Å²) in [5.41, 5.74) is -0.231. The van der Waals surface area contributed by atoms with E-state index in [0.29, 0.717) is 5.76 Å². The van der Waals surface area contributed by atoms with Gasteiger partial charge in [0.25, 0.3) is 5.91 Å². The average molecular weight is 361 g/mol. The number of carbonyl (C=O) groups excluding carboxylic acids is 2. The number of anilines is 1. The molecule has 0 unspecified atom stereocenters. The van der Waals surface area contributed by atoms with E-state index in [0.717, 1.165) is 12.1 Å². The van der Waals surface area contributed by atoms with Crippen molar-refractivity contribution in [3.8, 4) is 0 Å². The minimum atomic E-state index is -1.16. The smallest absolute Gasteiger partial charge is 0.340 e. The summed E-state index contributed by atoms with van der Waals surface area (Å²) in [7, 11) is 0. The third-order valence-corrected chi connectivity index (χ3v) is 3.36. The Kier molecular flexibility index (Phi) is 5.23. The van der Waals surface area contributed by atoms with Crippen molar-refractivity contribution in [1.82, 2.24) is 5.16 Å². The topological polar surface area (TPSA) is 81.4 Å². The Labute approximate surface area is 140 Å². The van der Waals surface area contributed by atoms with Gasteiger partial charge in [0, 0.05) is 6.07 Å². The number of amides is 1. The zero-order chi connectivity index (χ0) is 17.1. The summed E-state index contributed by atoms with van der Waals surface area (Å²) in [5, 5.41) is 5.68. The highest BCUT2D eigenvalue weighted by Crippen LogP contribution is 2.25. The molecule has 0 saturated carbocycles. The molecule has 1 atom stereocenters. The summed E-state index contributed by atoms with van der Waals surface area (Å²) in [6.45, 7) is 3.00. The maximum Gasteiger partial charge on any atom is 0.340 e. The molecule has 23 heavy (non-hydrogen) atoms. The van der Waals surface area contributed by atoms with E-state index in [-0.39, 0.29) is 21.4 Å². The Morgan fingerprint density at radius 3 is 2.61 bits per heavy atom. The predicted molar refractivity (Wildman–Crippen MR) is 81.2 cm³/mol. The zero-order valence-corrected chi connectivity index (χ0v) is 13.5. The van der Waals surface area contributed by atoms with Gasteiger partial charge in [-0.05, 0) is 26.0 Å². The number of nitrogens with zero attached hydrogens (tertiary/aromatic N) is 1. The van der Waals surface area contributed by atoms with Crippen molar-refractivity contribution in [2.75, 3.05) is 5.32 Å². The van der Waals surface area contributed by atoms with Crippen molar-refractivity contribution in [2.24, 2.45) is 0 Å². The van der Waals surface area contributed by atoms with Crippen LogP contribution in [0.5, 0.6) is 0 Å². The van der Waals surface area contributed by atoms with Crippen molar-refractivity contribution < 1.29 is 23.2 Å². The average Bonchev–Trinajstić information content (AvgIpc) is 2.87. The molecule has 1 aromatic carbocycles. The Balaban J connectivity index is 2.04. The van der Waals surface area contributed by atoms with Gasteiger partial charge in [-0.25, -0.2) is 9.18 Å². The molecule has 0 fully saturated rings. The molecule has 6 nitrogen and oxygen atoms in total. The molecule has 1 aromatic heterocycles. The van der Waals surface area contributed by atoms with Gasteiger partial charge in [0.15, 0.2) is 11.9 Å². The molecular formula is C14H11Cl2FN2O4. The molecule has 0 aliphatic rings. The fourth-order valence-electron chi connectivity index (χ4n) is 1.61. The molecular weight excluding hydrogens is 350 g/mol. The first-order valence-corrected chi connectivity index (χ1v) is 7.13. The van der Waals surface area contributed by atoms with Crippen LogP contribution in [0.2, 0.25) is 10.0 Å². The number of ether oxygens (including phenoxy) is 1. The van der Waals surface area contributed by atoms with Crippen LogP contribution in [0.3, 0.4) is 0 Å². The molecule has 0 aliphatic carbocycles. The zero-order valence-electron chi connectivity index (χ0n) is 12.0. The number of nitrogens with one attached hydrogen (secondary N) is 1. The summed E-state index contributed by atoms with van der Waals surface area (Å²) in [6.07, 6.45) is -1.16. The molecule has 0 aliphatic heterocycles. The Morgan fingerprint density at radius 1 is 1.30 bits per heavy atom. The van der Waals surface area contributed by atoms with Gasteiger partial charge >= 0.3 is 5.97 Å². The van der Waals surface area contributed by atoms with Gasteiger partial charge in [0.1, 0.15) is 11.6 Å². The standard InChI is InChI=1S/C14H11Cl2FN2O4/c1-6-3-12(19-23-6)18-13(20)7(2)22-14(21)8-4-11(17)10(16)5-9(8)15/h3-5,7H,1-2H3,(H,18,19,20)/t7-/m1/s1. The Morgan fingerprint density at radius 2 is 2.00 bits per heavy atom. The van der Waals surface area contributed by atoms with Crippen LogP contribution in [-0.4, -0.2) is 23.1 Å². The van der Waals surface area contributed by atoms with E-state index < -0.39 is 23.8 Å². The highest BCUT2D eigenvalue weighted by Gasteiger charge is 2.22. The highest BCUT2D eigenvalue weighted by molar-refractivity contribution is 6.36. The number of halogens is 3. The molecule has 0 bridgehead atoms. The Bertz CT molecular complexity index is 763. The third kappa shape index (κ3) is 4.20. The van der Waals surface area contributed by atoms with Crippen LogP contribution >= 0.6 is 23.2 Å². The van der Waals surface area contributed by atoms with Crippen molar-refractivity contribution in [2.45, 2.75) is 20.0 Å². The van der Waals surface area contributed by atoms with Gasteiger partial charge in [-0.15, -0.1) is 0 Å². The van der Waals surface area contributed by atoms with Crippen LogP contribution in [-0.2, 0) is 9.53 Å². The molecule has 2 aromatic rings. The van der Waals surface area contributed by atoms with Gasteiger partial charge in [0.05, 0.1) is 15.6 Å². The summed E-state index contributed by atoms with van der Waals surface area (Å²) < 4.78 is 23.1. The van der Waals surface area contributed by atoms with E-state index in [9.17, 15) is 14.0 Å². The van der Waals surface area contributed by atoms with E-state index in [1.54, 1.807) is 6.92 Å². The van der Waals surface area contributed by atoms with Gasteiger partial charge < -0.3 is 14.6 Å². The first-order valence-electron chi connectivity index (χ1n) is 6.37. The second kappa shape index (κ2) is 6.97. The van der Waals surface area contributed by atoms with E-state index in [4.69, 9.17) is 32.5 Å². The van der Waals surface area contributed by atoms with Crippen LogP contribution in [0, 0.1) is 12.7 Å². The molecule has 1 N–H and O–H groups in total. The van der Waals surface area contributed by atoms with Crippen LogP contribution in [0.25, 0.3) is 0 Å². The number of rotatable bonds is 4. The fourth-order valence-corrected chi connectivity index (χ4v) is 2.07. The van der Waals surface area contributed by atoms with Crippen molar-refractivity contribution in [3.05, 3.63) is 45.4 Å². The molecule has 1 amide bonds. The van der Waals surface area contributed by atoms with Crippen molar-refractivity contribution >= 4 is 40.9 Å². The quantitative estimate of drug-likeness (QED) is 0.665. The summed E-state index contributed by atoms with van der Waals surface area (Å²) in [5.74, 6) is -1.71. The van der Waals surface area contributed by atoms with E-state index in [1.165, 1.54) is 13.0 Å². The highest BCUT2D eigenvalue weighted by atomic mass is 35.5. The fraction of sp³-hybridized carbons (Fsp3) is 0.214. The first-order chi connectivity index (χ1) is 10.8.